The van der Waals surface area contributed by atoms with E-state index in [4.69, 9.17) is 4.74 Å². The summed E-state index contributed by atoms with van der Waals surface area (Å²) in [5.74, 6) is -0.756. The van der Waals surface area contributed by atoms with Gasteiger partial charge in [0, 0.05) is 13.1 Å². The molecule has 0 saturated heterocycles. The first kappa shape index (κ1) is 31.2. The largest absolute Gasteiger partial charge is 0.508 e. The van der Waals surface area contributed by atoms with E-state index in [0.717, 1.165) is 19.3 Å². The molecule has 2 unspecified atom stereocenters. The SMILES string of the molecule is CCCCCNC(=O)C(c1ccc(O)c(C)c1)N(CCO)C(=O)C(CC(C)C)NC(=O)OC(C)(C)C. The molecule has 4 N–H and O–H groups in total. The molecule has 0 saturated carbocycles. The fourth-order valence-electron chi connectivity index (χ4n) is 3.82. The summed E-state index contributed by atoms with van der Waals surface area (Å²) in [5.41, 5.74) is 0.309. The highest BCUT2D eigenvalue weighted by atomic mass is 16.6. The van der Waals surface area contributed by atoms with E-state index in [0.29, 0.717) is 24.1 Å². The number of carbonyl (C=O) groups excluding carboxylic acids is 3. The maximum absolute atomic E-state index is 13.8. The highest BCUT2D eigenvalue weighted by molar-refractivity contribution is 5.92. The average Bonchev–Trinajstić information content (AvgIpc) is 2.76. The van der Waals surface area contributed by atoms with Crippen LogP contribution in [0.15, 0.2) is 18.2 Å². The van der Waals surface area contributed by atoms with Crippen molar-refractivity contribution in [3.05, 3.63) is 29.3 Å². The zero-order valence-electron chi connectivity index (χ0n) is 22.9. The first-order valence-electron chi connectivity index (χ1n) is 12.8. The number of amides is 3. The Morgan fingerprint density at radius 3 is 2.33 bits per heavy atom. The summed E-state index contributed by atoms with van der Waals surface area (Å²) in [5, 5.41) is 25.4. The number of aliphatic hydroxyl groups excluding tert-OH is 1. The Hall–Kier alpha value is -2.81. The number of hydrogen-bond acceptors (Lipinski definition) is 6. The second kappa shape index (κ2) is 14.7. The number of ether oxygens (including phenoxy) is 1. The van der Waals surface area contributed by atoms with E-state index in [1.807, 2.05) is 13.8 Å². The second-order valence-electron chi connectivity index (χ2n) is 10.5. The van der Waals surface area contributed by atoms with Crippen LogP contribution in [0.5, 0.6) is 5.75 Å². The van der Waals surface area contributed by atoms with Crippen LogP contribution in [-0.4, -0.2) is 64.4 Å². The van der Waals surface area contributed by atoms with Crippen molar-refractivity contribution in [3.8, 4) is 5.75 Å². The Labute approximate surface area is 215 Å². The number of aliphatic hydroxyl groups is 1. The number of nitrogens with one attached hydrogen (secondary N) is 2. The minimum absolute atomic E-state index is 0.0575. The normalized spacial score (nSPS) is 13.1. The lowest BCUT2D eigenvalue weighted by Gasteiger charge is -2.34. The number of phenolic OH excluding ortho intramolecular Hbond substituents is 1. The van der Waals surface area contributed by atoms with Gasteiger partial charge in [-0.3, -0.25) is 9.59 Å². The third-order valence-corrected chi connectivity index (χ3v) is 5.50. The first-order valence-corrected chi connectivity index (χ1v) is 12.8. The molecule has 0 aliphatic carbocycles. The lowest BCUT2D eigenvalue weighted by Crippen LogP contribution is -2.54. The van der Waals surface area contributed by atoms with Crippen LogP contribution in [0.4, 0.5) is 4.79 Å². The Bertz CT molecular complexity index is 866. The Morgan fingerprint density at radius 2 is 1.81 bits per heavy atom. The number of alkyl carbamates (subject to hydrolysis) is 1. The summed E-state index contributed by atoms with van der Waals surface area (Å²) in [6, 6.07) is 2.71. The van der Waals surface area contributed by atoms with Crippen LogP contribution in [0.1, 0.15) is 84.4 Å². The van der Waals surface area contributed by atoms with Crippen LogP contribution in [-0.2, 0) is 14.3 Å². The molecule has 9 heteroatoms. The molecule has 0 spiro atoms. The maximum atomic E-state index is 13.8. The van der Waals surface area contributed by atoms with Gasteiger partial charge in [-0.25, -0.2) is 4.79 Å². The number of phenols is 1. The topological polar surface area (TPSA) is 128 Å². The number of hydrogen-bond donors (Lipinski definition) is 4. The zero-order chi connectivity index (χ0) is 27.5. The number of nitrogens with zero attached hydrogens (tertiary/aromatic N) is 1. The molecule has 0 fully saturated rings. The maximum Gasteiger partial charge on any atom is 0.408 e. The molecule has 9 nitrogen and oxygen atoms in total. The van der Waals surface area contributed by atoms with Crippen molar-refractivity contribution in [1.29, 1.82) is 0 Å². The third kappa shape index (κ3) is 10.4. The predicted molar refractivity (Wildman–Crippen MR) is 140 cm³/mol. The number of unbranched alkanes of at least 4 members (excludes halogenated alkanes) is 2. The fraction of sp³-hybridized carbons (Fsp3) is 0.667. The quantitative estimate of drug-likeness (QED) is 0.301. The molecule has 1 rings (SSSR count). The molecule has 0 aromatic heterocycles. The van der Waals surface area contributed by atoms with Crippen LogP contribution in [0, 0.1) is 12.8 Å². The number of aryl methyl sites for hydroxylation is 1. The zero-order valence-corrected chi connectivity index (χ0v) is 22.9. The molecule has 0 heterocycles. The van der Waals surface area contributed by atoms with E-state index in [2.05, 4.69) is 17.6 Å². The molecule has 3 amide bonds. The van der Waals surface area contributed by atoms with E-state index in [9.17, 15) is 24.6 Å². The second-order valence-corrected chi connectivity index (χ2v) is 10.5. The van der Waals surface area contributed by atoms with Crippen molar-refractivity contribution >= 4 is 17.9 Å². The van der Waals surface area contributed by atoms with Gasteiger partial charge in [0.2, 0.25) is 11.8 Å². The summed E-state index contributed by atoms with van der Waals surface area (Å²) >= 11 is 0. The molecule has 36 heavy (non-hydrogen) atoms. The predicted octanol–water partition coefficient (Wildman–Crippen LogP) is 3.81. The van der Waals surface area contributed by atoms with E-state index >= 15 is 0 Å². The Morgan fingerprint density at radius 1 is 1.14 bits per heavy atom. The van der Waals surface area contributed by atoms with Gasteiger partial charge in [0.05, 0.1) is 6.61 Å². The van der Waals surface area contributed by atoms with Crippen LogP contribution in [0.25, 0.3) is 0 Å². The average molecular weight is 508 g/mol. The van der Waals surface area contributed by atoms with Gasteiger partial charge < -0.3 is 30.5 Å². The van der Waals surface area contributed by atoms with Crippen LogP contribution in [0.3, 0.4) is 0 Å². The van der Waals surface area contributed by atoms with Gasteiger partial charge in [-0.15, -0.1) is 0 Å². The monoisotopic (exact) mass is 507 g/mol. The van der Waals surface area contributed by atoms with Crippen LogP contribution < -0.4 is 10.6 Å². The van der Waals surface area contributed by atoms with Gasteiger partial charge in [0.1, 0.15) is 23.4 Å². The molecular weight excluding hydrogens is 462 g/mol. The Kier molecular flexibility index (Phi) is 12.7. The minimum atomic E-state index is -1.05. The van der Waals surface area contributed by atoms with Crippen molar-refractivity contribution < 1.29 is 29.3 Å². The van der Waals surface area contributed by atoms with Crippen molar-refractivity contribution in [2.45, 2.75) is 91.8 Å². The summed E-state index contributed by atoms with van der Waals surface area (Å²) < 4.78 is 5.36. The highest BCUT2D eigenvalue weighted by Gasteiger charge is 2.36. The lowest BCUT2D eigenvalue weighted by molar-refractivity contribution is -0.143. The molecule has 1 aromatic carbocycles. The molecule has 0 aliphatic heterocycles. The fourth-order valence-corrected chi connectivity index (χ4v) is 3.82. The van der Waals surface area contributed by atoms with E-state index < -0.39 is 35.6 Å². The summed E-state index contributed by atoms with van der Waals surface area (Å²) in [7, 11) is 0. The molecule has 0 bridgehead atoms. The Balaban J connectivity index is 3.40. The third-order valence-electron chi connectivity index (χ3n) is 5.50. The molecule has 2 atom stereocenters. The summed E-state index contributed by atoms with van der Waals surface area (Å²) in [4.78, 5) is 41.1. The summed E-state index contributed by atoms with van der Waals surface area (Å²) in [6.45, 7) is 12.8. The molecule has 1 aromatic rings. The number of rotatable bonds is 13. The van der Waals surface area contributed by atoms with Gasteiger partial charge in [-0.2, -0.15) is 0 Å². The number of carbonyl (C=O) groups is 3. The van der Waals surface area contributed by atoms with Gasteiger partial charge in [0.25, 0.3) is 0 Å². The van der Waals surface area contributed by atoms with E-state index in [-0.39, 0.29) is 24.8 Å². The van der Waals surface area contributed by atoms with Crippen molar-refractivity contribution in [2.75, 3.05) is 19.7 Å². The lowest BCUT2D eigenvalue weighted by atomic mass is 9.98. The van der Waals surface area contributed by atoms with E-state index in [1.165, 1.54) is 11.0 Å². The standard InChI is InChI=1S/C27H45N3O6/c1-8-9-10-13-28-24(33)23(20-11-12-22(32)19(4)17-20)30(14-15-31)25(34)21(16-18(2)3)29-26(35)36-27(5,6)7/h11-12,17-18,21,23,31-32H,8-10,13-16H2,1-7H3,(H,28,33)(H,29,35). The van der Waals surface area contributed by atoms with Gasteiger partial charge in [0.15, 0.2) is 0 Å². The smallest absolute Gasteiger partial charge is 0.408 e. The molecule has 0 radical (unpaired) electrons. The van der Waals surface area contributed by atoms with Crippen LogP contribution >= 0.6 is 0 Å². The molecule has 204 valence electrons. The summed E-state index contributed by atoms with van der Waals surface area (Å²) in [6.07, 6.45) is 2.34. The van der Waals surface area contributed by atoms with E-state index in [1.54, 1.807) is 39.8 Å². The van der Waals surface area contributed by atoms with Crippen molar-refractivity contribution in [3.63, 3.8) is 0 Å². The minimum Gasteiger partial charge on any atom is -0.508 e. The van der Waals surface area contributed by atoms with Gasteiger partial charge >= 0.3 is 6.09 Å². The van der Waals surface area contributed by atoms with Crippen LogP contribution in [0.2, 0.25) is 0 Å². The number of aromatic hydroxyl groups is 1. The number of benzene rings is 1. The highest BCUT2D eigenvalue weighted by Crippen LogP contribution is 2.27. The molecular formula is C27H45N3O6. The van der Waals surface area contributed by atoms with Crippen molar-refractivity contribution in [2.24, 2.45) is 5.92 Å². The first-order chi connectivity index (χ1) is 16.8. The van der Waals surface area contributed by atoms with Gasteiger partial charge in [-0.05, 0) is 69.7 Å². The van der Waals surface area contributed by atoms with Gasteiger partial charge in [-0.1, -0.05) is 39.7 Å². The molecule has 0 aliphatic rings. The van der Waals surface area contributed by atoms with Crippen molar-refractivity contribution in [1.82, 2.24) is 15.5 Å².